The van der Waals surface area contributed by atoms with E-state index in [0.29, 0.717) is 6.42 Å². The van der Waals surface area contributed by atoms with Crippen molar-refractivity contribution in [1.82, 2.24) is 5.32 Å². The molecule has 0 radical (unpaired) electrons. The van der Waals surface area contributed by atoms with Gasteiger partial charge in [0, 0.05) is 7.11 Å². The van der Waals surface area contributed by atoms with Gasteiger partial charge in [0.15, 0.2) is 12.4 Å². The van der Waals surface area contributed by atoms with Gasteiger partial charge in [0.1, 0.15) is 24.4 Å². The molecule has 2 aliphatic heterocycles. The molecule has 0 aliphatic carbocycles. The number of hydrogen-bond acceptors (Lipinski definition) is 8. The van der Waals surface area contributed by atoms with Gasteiger partial charge in [-0.15, -0.1) is 0 Å². The summed E-state index contributed by atoms with van der Waals surface area (Å²) in [6.45, 7) is 0.273. The summed E-state index contributed by atoms with van der Waals surface area (Å²) >= 11 is 0. The molecule has 0 bridgehead atoms. The lowest BCUT2D eigenvalue weighted by molar-refractivity contribution is -0.298. The van der Waals surface area contributed by atoms with Gasteiger partial charge in [-0.1, -0.05) is 0 Å². The Morgan fingerprint density at radius 2 is 2.15 bits per heavy atom. The lowest BCUT2D eigenvalue weighted by Crippen LogP contribution is -2.60. The van der Waals surface area contributed by atoms with Crippen molar-refractivity contribution in [1.29, 1.82) is 0 Å². The van der Waals surface area contributed by atoms with Crippen LogP contribution >= 0.6 is 0 Å². The second-order valence-electron chi connectivity index (χ2n) is 4.99. The molecule has 2 aliphatic rings. The number of methoxy groups -OCH3 is 1. The molecule has 0 aromatic carbocycles. The Balaban J connectivity index is 2.01. The van der Waals surface area contributed by atoms with Crippen molar-refractivity contribution >= 4 is 5.97 Å². The molecule has 0 spiro atoms. The van der Waals surface area contributed by atoms with E-state index in [0.717, 1.165) is 13.0 Å². The number of esters is 1. The largest absolute Gasteiger partial charge is 0.453 e. The lowest BCUT2D eigenvalue weighted by atomic mass is 9.99. The zero-order valence-corrected chi connectivity index (χ0v) is 11.3. The number of aliphatic hydroxyl groups excluding tert-OH is 3. The fraction of sp³-hybridized carbons (Fsp3) is 0.917. The first-order valence-corrected chi connectivity index (χ1v) is 6.67. The molecule has 0 aromatic heterocycles. The van der Waals surface area contributed by atoms with Gasteiger partial charge in [-0.3, -0.25) is 4.79 Å². The summed E-state index contributed by atoms with van der Waals surface area (Å²) in [7, 11) is 1.33. The predicted octanol–water partition coefficient (Wildman–Crippen LogP) is -2.26. The van der Waals surface area contributed by atoms with Gasteiger partial charge in [-0.25, -0.2) is 0 Å². The highest BCUT2D eigenvalue weighted by atomic mass is 16.7. The lowest BCUT2D eigenvalue weighted by Gasteiger charge is -2.41. The van der Waals surface area contributed by atoms with Crippen molar-refractivity contribution < 1.29 is 34.3 Å². The standard InChI is InChI=1S/C12H21NO7/c1-18-12-10(9(16)8(15)7(5-14)19-12)20-11(17)6-3-2-4-13-6/h6-10,12-16H,2-5H2,1H3/t6-,7+,8+,9-,10+,12-/m0/s1. The van der Waals surface area contributed by atoms with Crippen molar-refractivity contribution in [3.63, 3.8) is 0 Å². The van der Waals surface area contributed by atoms with E-state index in [1.54, 1.807) is 0 Å². The molecule has 2 heterocycles. The van der Waals surface area contributed by atoms with Gasteiger partial charge in [0.2, 0.25) is 0 Å². The quantitative estimate of drug-likeness (QED) is 0.429. The number of ether oxygens (including phenoxy) is 3. The van der Waals surface area contributed by atoms with Gasteiger partial charge in [-0.05, 0) is 19.4 Å². The maximum absolute atomic E-state index is 11.9. The normalized spacial score (nSPS) is 41.6. The van der Waals surface area contributed by atoms with Crippen LogP contribution in [0.3, 0.4) is 0 Å². The fourth-order valence-electron chi connectivity index (χ4n) is 2.47. The average molecular weight is 291 g/mol. The van der Waals surface area contributed by atoms with E-state index in [-0.39, 0.29) is 0 Å². The molecule has 2 rings (SSSR count). The highest BCUT2D eigenvalue weighted by Gasteiger charge is 2.47. The van der Waals surface area contributed by atoms with Crippen LogP contribution in [-0.2, 0) is 19.0 Å². The Morgan fingerprint density at radius 1 is 1.40 bits per heavy atom. The van der Waals surface area contributed by atoms with Gasteiger partial charge >= 0.3 is 5.97 Å². The fourth-order valence-corrected chi connectivity index (χ4v) is 2.47. The van der Waals surface area contributed by atoms with Crippen LogP contribution in [0.1, 0.15) is 12.8 Å². The van der Waals surface area contributed by atoms with Crippen LogP contribution in [0.4, 0.5) is 0 Å². The summed E-state index contributed by atoms with van der Waals surface area (Å²) in [5.41, 5.74) is 0. The van der Waals surface area contributed by atoms with Crippen molar-refractivity contribution in [2.75, 3.05) is 20.3 Å². The first-order valence-electron chi connectivity index (χ1n) is 6.67. The van der Waals surface area contributed by atoms with E-state index >= 15 is 0 Å². The second-order valence-corrected chi connectivity index (χ2v) is 4.99. The zero-order chi connectivity index (χ0) is 14.7. The van der Waals surface area contributed by atoms with Crippen LogP contribution < -0.4 is 5.32 Å². The first kappa shape index (κ1) is 15.6. The van der Waals surface area contributed by atoms with E-state index in [9.17, 15) is 15.0 Å². The Kier molecular flexibility index (Phi) is 5.30. The van der Waals surface area contributed by atoms with Crippen LogP contribution in [0.15, 0.2) is 0 Å². The predicted molar refractivity (Wildman–Crippen MR) is 65.7 cm³/mol. The molecule has 0 amide bonds. The van der Waals surface area contributed by atoms with Crippen LogP contribution in [0.25, 0.3) is 0 Å². The maximum atomic E-state index is 11.9. The number of aliphatic hydroxyl groups is 3. The molecular formula is C12H21NO7. The smallest absolute Gasteiger partial charge is 0.323 e. The van der Waals surface area contributed by atoms with Crippen molar-refractivity contribution in [3.8, 4) is 0 Å². The molecule has 0 saturated carbocycles. The number of carbonyl (C=O) groups is 1. The molecule has 0 unspecified atom stereocenters. The minimum absolute atomic E-state index is 0.410. The number of hydrogen-bond donors (Lipinski definition) is 4. The molecule has 20 heavy (non-hydrogen) atoms. The van der Waals surface area contributed by atoms with E-state index < -0.39 is 49.3 Å². The SMILES string of the molecule is CO[C@H]1O[C@H](CO)[C@@H](O)[C@H](O)[C@H]1OC(=O)[C@@H]1CCCN1. The summed E-state index contributed by atoms with van der Waals surface area (Å²) in [5, 5.41) is 31.9. The highest BCUT2D eigenvalue weighted by Crippen LogP contribution is 2.24. The topological polar surface area (TPSA) is 117 Å². The summed E-state index contributed by atoms with van der Waals surface area (Å²) in [6.07, 6.45) is -4.32. The van der Waals surface area contributed by atoms with E-state index in [1.807, 2.05) is 0 Å². The zero-order valence-electron chi connectivity index (χ0n) is 11.3. The van der Waals surface area contributed by atoms with Crippen LogP contribution in [0.5, 0.6) is 0 Å². The number of carbonyl (C=O) groups excluding carboxylic acids is 1. The van der Waals surface area contributed by atoms with Crippen molar-refractivity contribution in [2.45, 2.75) is 49.6 Å². The second kappa shape index (κ2) is 6.79. The van der Waals surface area contributed by atoms with E-state index in [1.165, 1.54) is 7.11 Å². The third-order valence-corrected chi connectivity index (χ3v) is 3.65. The first-order chi connectivity index (χ1) is 9.58. The molecule has 4 N–H and O–H groups in total. The molecule has 6 atom stereocenters. The minimum atomic E-state index is -1.38. The molecule has 8 heteroatoms. The number of nitrogens with one attached hydrogen (secondary N) is 1. The van der Waals surface area contributed by atoms with Gasteiger partial charge in [0.25, 0.3) is 0 Å². The molecule has 8 nitrogen and oxygen atoms in total. The summed E-state index contributed by atoms with van der Waals surface area (Å²) in [5.74, 6) is -0.508. The Morgan fingerprint density at radius 3 is 2.70 bits per heavy atom. The minimum Gasteiger partial charge on any atom is -0.453 e. The summed E-state index contributed by atoms with van der Waals surface area (Å²) in [6, 6.07) is -0.410. The molecule has 2 saturated heterocycles. The maximum Gasteiger partial charge on any atom is 0.323 e. The Hall–Kier alpha value is -0.770. The van der Waals surface area contributed by atoms with Gasteiger partial charge < -0.3 is 34.8 Å². The monoisotopic (exact) mass is 291 g/mol. The summed E-state index contributed by atoms with van der Waals surface area (Å²) in [4.78, 5) is 11.9. The van der Waals surface area contributed by atoms with Crippen LogP contribution in [0.2, 0.25) is 0 Å². The van der Waals surface area contributed by atoms with E-state index in [2.05, 4.69) is 5.32 Å². The van der Waals surface area contributed by atoms with Crippen LogP contribution in [-0.4, -0.2) is 78.3 Å². The molecule has 116 valence electrons. The van der Waals surface area contributed by atoms with Gasteiger partial charge in [-0.2, -0.15) is 0 Å². The highest BCUT2D eigenvalue weighted by molar-refractivity contribution is 5.76. The third-order valence-electron chi connectivity index (χ3n) is 3.65. The average Bonchev–Trinajstić information content (AvgIpc) is 2.98. The summed E-state index contributed by atoms with van der Waals surface area (Å²) < 4.78 is 15.5. The van der Waals surface area contributed by atoms with Crippen LogP contribution in [0, 0.1) is 0 Å². The molecule has 0 aromatic rings. The third kappa shape index (κ3) is 3.11. The Labute approximate surface area is 116 Å². The number of rotatable bonds is 4. The van der Waals surface area contributed by atoms with Crippen molar-refractivity contribution in [2.24, 2.45) is 0 Å². The Bertz CT molecular complexity index is 332. The molecule has 2 fully saturated rings. The molecular weight excluding hydrogens is 270 g/mol. The van der Waals surface area contributed by atoms with Gasteiger partial charge in [0.05, 0.1) is 6.61 Å². The van der Waals surface area contributed by atoms with E-state index in [4.69, 9.17) is 19.3 Å². The van der Waals surface area contributed by atoms with Crippen molar-refractivity contribution in [3.05, 3.63) is 0 Å².